The molecule has 1 saturated heterocycles. The van der Waals surface area contributed by atoms with Gasteiger partial charge < -0.3 is 44.9 Å². The molecule has 12 heteroatoms. The molecule has 0 bridgehead atoms. The molecule has 1 aromatic rings. The maximum absolute atomic E-state index is 13.1. The van der Waals surface area contributed by atoms with Gasteiger partial charge in [0.25, 0.3) is 0 Å². The van der Waals surface area contributed by atoms with Crippen LogP contribution in [0, 0.1) is 0 Å². The summed E-state index contributed by atoms with van der Waals surface area (Å²) in [5.41, 5.74) is 0.997. The van der Waals surface area contributed by atoms with Gasteiger partial charge >= 0.3 is 5.97 Å². The first-order valence-corrected chi connectivity index (χ1v) is 11.9. The molecule has 3 rings (SSSR count). The minimum atomic E-state index is -1.26. The number of rotatable bonds is 12. The third-order valence-electron chi connectivity index (χ3n) is 5.74. The van der Waals surface area contributed by atoms with Gasteiger partial charge in [-0.1, -0.05) is 18.2 Å². The van der Waals surface area contributed by atoms with Crippen LogP contribution < -0.4 is 10.6 Å². The van der Waals surface area contributed by atoms with Crippen LogP contribution >= 0.6 is 0 Å². The van der Waals surface area contributed by atoms with Crippen LogP contribution in [0.1, 0.15) is 29.3 Å². The van der Waals surface area contributed by atoms with Crippen LogP contribution in [0.3, 0.4) is 0 Å². The summed E-state index contributed by atoms with van der Waals surface area (Å²) in [6.45, 7) is 0.957. The first-order valence-electron chi connectivity index (χ1n) is 11.9. The number of fused-ring (bicyclic) bond motifs is 1. The first kappa shape index (κ1) is 28.3. The van der Waals surface area contributed by atoms with Crippen LogP contribution in [0.15, 0.2) is 42.2 Å². The fourth-order valence-electron chi connectivity index (χ4n) is 3.92. The van der Waals surface area contributed by atoms with E-state index in [2.05, 4.69) is 10.6 Å². The fraction of sp³-hybridized carbons (Fsp3) is 0.480. The number of aliphatic hydroxyl groups excluding tert-OH is 3. The van der Waals surface area contributed by atoms with Gasteiger partial charge in [0.1, 0.15) is 37.8 Å². The predicted molar refractivity (Wildman–Crippen MR) is 129 cm³/mol. The second-order valence-electron chi connectivity index (χ2n) is 8.41. The minimum Gasteiger partial charge on any atom is -0.499 e. The molecule has 202 valence electrons. The number of benzene rings is 1. The van der Waals surface area contributed by atoms with Crippen LogP contribution in [0.4, 0.5) is 0 Å². The Morgan fingerprint density at radius 3 is 2.70 bits per heavy atom. The maximum Gasteiger partial charge on any atom is 0.339 e. The lowest BCUT2D eigenvalue weighted by molar-refractivity contribution is -0.130. The summed E-state index contributed by atoms with van der Waals surface area (Å²) in [6, 6.07) is 5.45. The third kappa shape index (κ3) is 7.60. The molecule has 2 aliphatic rings. The average molecular weight is 521 g/mol. The Bertz CT molecular complexity index is 1010. The molecule has 5 unspecified atom stereocenters. The summed E-state index contributed by atoms with van der Waals surface area (Å²) in [5.74, 6) is -1.93. The summed E-state index contributed by atoms with van der Waals surface area (Å²) in [7, 11) is 0. The van der Waals surface area contributed by atoms with Crippen LogP contribution in [-0.4, -0.2) is 96.7 Å². The van der Waals surface area contributed by atoms with Crippen molar-refractivity contribution in [1.29, 1.82) is 0 Å². The van der Waals surface area contributed by atoms with E-state index in [1.807, 2.05) is 0 Å². The van der Waals surface area contributed by atoms with E-state index in [9.17, 15) is 19.5 Å². The van der Waals surface area contributed by atoms with Crippen molar-refractivity contribution in [3.8, 4) is 0 Å². The van der Waals surface area contributed by atoms with Crippen molar-refractivity contribution in [3.05, 3.63) is 53.3 Å². The molecule has 12 nitrogen and oxygen atoms in total. The zero-order chi connectivity index (χ0) is 26.8. The molecule has 1 aromatic carbocycles. The molecule has 0 aromatic heterocycles. The number of carbonyl (C=O) groups is 3. The molecule has 1 heterocycles. The predicted octanol–water partition coefficient (Wildman–Crippen LogP) is -0.763. The standard InChI is InChI=1S/C25H32N2O10/c1-15(30)21(24(32)26-7-8-28)27-23(31)17-12-19-22(36-14-35-19)20(13-17)37-25(33)18-5-3-2-4-16(18)6-10-34-11-9-29/h2-6,10,12,15,19-22,28-30H,7-9,11,13-14H2,1H3,(H,26,32)(H,27,31). The van der Waals surface area contributed by atoms with Crippen molar-refractivity contribution >= 4 is 23.9 Å². The van der Waals surface area contributed by atoms with E-state index in [1.165, 1.54) is 13.2 Å². The molecular weight excluding hydrogens is 488 g/mol. The van der Waals surface area contributed by atoms with Crippen LogP contribution in [0.25, 0.3) is 6.08 Å². The smallest absolute Gasteiger partial charge is 0.339 e. The van der Waals surface area contributed by atoms with E-state index in [1.54, 1.807) is 36.4 Å². The van der Waals surface area contributed by atoms with Crippen LogP contribution in [0.5, 0.6) is 0 Å². The van der Waals surface area contributed by atoms with Gasteiger partial charge in [0.2, 0.25) is 11.8 Å². The van der Waals surface area contributed by atoms with Gasteiger partial charge in [-0.15, -0.1) is 0 Å². The van der Waals surface area contributed by atoms with Gasteiger partial charge in [0.15, 0.2) is 0 Å². The molecule has 0 spiro atoms. The lowest BCUT2D eigenvalue weighted by Gasteiger charge is -2.31. The number of hydrogen-bond acceptors (Lipinski definition) is 10. The molecular formula is C25H32N2O10. The van der Waals surface area contributed by atoms with Crippen molar-refractivity contribution in [2.45, 2.75) is 43.8 Å². The quantitative estimate of drug-likeness (QED) is 0.134. The Kier molecular flexibility index (Phi) is 10.6. The summed E-state index contributed by atoms with van der Waals surface area (Å²) >= 11 is 0. The summed E-state index contributed by atoms with van der Waals surface area (Å²) in [5, 5.41) is 32.6. The molecule has 5 atom stereocenters. The number of ether oxygens (including phenoxy) is 4. The summed E-state index contributed by atoms with van der Waals surface area (Å²) in [4.78, 5) is 38.4. The monoisotopic (exact) mass is 520 g/mol. The van der Waals surface area contributed by atoms with Crippen molar-refractivity contribution in [2.75, 3.05) is 33.2 Å². The Labute approximate surface area is 213 Å². The van der Waals surface area contributed by atoms with E-state index in [-0.39, 0.29) is 50.7 Å². The molecule has 1 aliphatic heterocycles. The Morgan fingerprint density at radius 2 is 1.97 bits per heavy atom. The molecule has 1 aliphatic carbocycles. The zero-order valence-corrected chi connectivity index (χ0v) is 20.4. The maximum atomic E-state index is 13.1. The highest BCUT2D eigenvalue weighted by atomic mass is 16.7. The highest BCUT2D eigenvalue weighted by Crippen LogP contribution is 2.31. The average Bonchev–Trinajstić information content (AvgIpc) is 3.37. The van der Waals surface area contributed by atoms with E-state index >= 15 is 0 Å². The summed E-state index contributed by atoms with van der Waals surface area (Å²) in [6.07, 6.45) is 1.14. The number of amides is 2. The number of carbonyl (C=O) groups excluding carboxylic acids is 3. The Morgan fingerprint density at radius 1 is 1.19 bits per heavy atom. The van der Waals surface area contributed by atoms with E-state index in [0.29, 0.717) is 5.56 Å². The summed E-state index contributed by atoms with van der Waals surface area (Å²) < 4.78 is 22.0. The lowest BCUT2D eigenvalue weighted by Crippen LogP contribution is -2.54. The van der Waals surface area contributed by atoms with Gasteiger partial charge in [0.05, 0.1) is 31.1 Å². The third-order valence-corrected chi connectivity index (χ3v) is 5.74. The topological polar surface area (TPSA) is 173 Å². The van der Waals surface area contributed by atoms with Gasteiger partial charge in [-0.05, 0) is 30.7 Å². The molecule has 2 amide bonds. The molecule has 1 fully saturated rings. The lowest BCUT2D eigenvalue weighted by atomic mass is 9.91. The highest BCUT2D eigenvalue weighted by molar-refractivity contribution is 5.98. The van der Waals surface area contributed by atoms with Crippen molar-refractivity contribution < 1.29 is 48.7 Å². The normalized spacial score (nSPS) is 22.5. The number of esters is 1. The fourth-order valence-corrected chi connectivity index (χ4v) is 3.92. The molecule has 5 N–H and O–H groups in total. The number of nitrogens with one attached hydrogen (secondary N) is 2. The van der Waals surface area contributed by atoms with Gasteiger partial charge in [-0.25, -0.2) is 4.79 Å². The van der Waals surface area contributed by atoms with E-state index in [0.717, 1.165) is 0 Å². The van der Waals surface area contributed by atoms with E-state index in [4.69, 9.17) is 29.2 Å². The minimum absolute atomic E-state index is 0.00942. The number of aliphatic hydroxyl groups is 3. The number of hydrogen-bond donors (Lipinski definition) is 5. The van der Waals surface area contributed by atoms with Gasteiger partial charge in [0, 0.05) is 18.5 Å². The Hall–Kier alpha value is -3.29. The molecule has 37 heavy (non-hydrogen) atoms. The van der Waals surface area contributed by atoms with Crippen LogP contribution in [0.2, 0.25) is 0 Å². The largest absolute Gasteiger partial charge is 0.499 e. The van der Waals surface area contributed by atoms with Gasteiger partial charge in [-0.3, -0.25) is 9.59 Å². The second kappa shape index (κ2) is 13.9. The van der Waals surface area contributed by atoms with Crippen molar-refractivity contribution in [1.82, 2.24) is 10.6 Å². The molecule has 0 radical (unpaired) electrons. The first-order chi connectivity index (χ1) is 17.8. The van der Waals surface area contributed by atoms with Crippen molar-refractivity contribution in [3.63, 3.8) is 0 Å². The van der Waals surface area contributed by atoms with Crippen LogP contribution in [-0.2, 0) is 28.5 Å². The molecule has 0 saturated carbocycles. The highest BCUT2D eigenvalue weighted by Gasteiger charge is 2.43. The SMILES string of the molecule is CC(O)C(NC(=O)C1=CC2OCOC2C(OC(=O)c2ccccc2C=COCCO)C1)C(=O)NCCO. The van der Waals surface area contributed by atoms with Gasteiger partial charge in [-0.2, -0.15) is 0 Å². The second-order valence-corrected chi connectivity index (χ2v) is 8.41. The zero-order valence-electron chi connectivity index (χ0n) is 20.4. The Balaban J connectivity index is 1.73. The van der Waals surface area contributed by atoms with E-state index < -0.39 is 48.2 Å². The van der Waals surface area contributed by atoms with Crippen molar-refractivity contribution in [2.24, 2.45) is 0 Å².